The lowest BCUT2D eigenvalue weighted by molar-refractivity contribution is 0.202. The monoisotopic (exact) mass is 463 g/mol. The molecule has 6 nitrogen and oxygen atoms in total. The number of nitrogens with zero attached hydrogens (tertiary/aromatic N) is 4. The zero-order chi connectivity index (χ0) is 23.5. The smallest absolute Gasteiger partial charge is 0.317 e. The molecule has 8 heteroatoms. The quantitative estimate of drug-likeness (QED) is 0.600. The molecule has 0 bridgehead atoms. The molecule has 2 aromatic carbocycles. The Bertz CT molecular complexity index is 1140. The van der Waals surface area contributed by atoms with Crippen LogP contribution in [-0.4, -0.2) is 53.1 Å². The number of urea groups is 1. The molecular weight excluding hydrogens is 436 g/mol. The Kier molecular flexibility index (Phi) is 6.38. The van der Waals surface area contributed by atoms with E-state index in [2.05, 4.69) is 15.2 Å². The summed E-state index contributed by atoms with van der Waals surface area (Å²) in [5, 5.41) is 3.17. The predicted molar refractivity (Wildman–Crippen MR) is 127 cm³/mol. The van der Waals surface area contributed by atoms with E-state index in [1.807, 2.05) is 4.90 Å². The number of rotatable bonds is 4. The van der Waals surface area contributed by atoms with Gasteiger partial charge in [-0.2, -0.15) is 0 Å². The highest BCUT2D eigenvalue weighted by atomic mass is 19.1. The molecule has 2 amide bonds. The van der Waals surface area contributed by atoms with Crippen molar-refractivity contribution in [2.75, 3.05) is 31.1 Å². The third-order valence-corrected chi connectivity index (χ3v) is 6.53. The third-order valence-electron chi connectivity index (χ3n) is 6.53. The molecule has 3 aromatic rings. The molecule has 0 aliphatic carbocycles. The molecule has 2 saturated heterocycles. The minimum Gasteiger partial charge on any atom is -0.355 e. The van der Waals surface area contributed by atoms with Gasteiger partial charge in [-0.05, 0) is 74.2 Å². The van der Waals surface area contributed by atoms with Gasteiger partial charge in [0.15, 0.2) is 0 Å². The Morgan fingerprint density at radius 3 is 1.97 bits per heavy atom. The zero-order valence-electron chi connectivity index (χ0n) is 18.9. The molecule has 0 radical (unpaired) electrons. The summed E-state index contributed by atoms with van der Waals surface area (Å²) in [5.74, 6) is 0.0834. The largest absolute Gasteiger partial charge is 0.355 e. The lowest BCUT2D eigenvalue weighted by Crippen LogP contribution is -2.48. The fourth-order valence-corrected chi connectivity index (χ4v) is 4.60. The van der Waals surface area contributed by atoms with Gasteiger partial charge in [-0.1, -0.05) is 0 Å². The van der Waals surface area contributed by atoms with Crippen molar-refractivity contribution in [1.29, 1.82) is 0 Å². The highest BCUT2D eigenvalue weighted by Crippen LogP contribution is 2.31. The van der Waals surface area contributed by atoms with E-state index in [4.69, 9.17) is 4.98 Å². The van der Waals surface area contributed by atoms with Gasteiger partial charge >= 0.3 is 6.03 Å². The van der Waals surface area contributed by atoms with Crippen LogP contribution in [0, 0.1) is 11.6 Å². The number of likely N-dealkylation sites (tertiary alicyclic amines) is 1. The number of amides is 2. The molecule has 1 N–H and O–H groups in total. The first-order valence-corrected chi connectivity index (χ1v) is 11.8. The first kappa shape index (κ1) is 22.3. The van der Waals surface area contributed by atoms with Crippen molar-refractivity contribution >= 4 is 11.8 Å². The standard InChI is InChI=1S/C26H27F2N5O/c27-20-7-3-18(4-8-20)24-25(19-5-9-21(28)10-6-19)31-23(17-29-24)32-15-11-22(12-16-32)30-26(34)33-13-1-2-14-33/h3-10,17,22H,1-2,11-16H2,(H,30,34). The van der Waals surface area contributed by atoms with E-state index in [-0.39, 0.29) is 23.7 Å². The Hall–Kier alpha value is -3.55. The van der Waals surface area contributed by atoms with Gasteiger partial charge in [0.25, 0.3) is 0 Å². The summed E-state index contributed by atoms with van der Waals surface area (Å²) in [5.41, 5.74) is 2.71. The topological polar surface area (TPSA) is 61.4 Å². The van der Waals surface area contributed by atoms with Gasteiger partial charge in [-0.15, -0.1) is 0 Å². The minimum absolute atomic E-state index is 0.0398. The number of anilines is 1. The number of piperidine rings is 1. The second-order valence-electron chi connectivity index (χ2n) is 8.84. The average molecular weight is 464 g/mol. The third kappa shape index (κ3) is 4.85. The molecule has 2 aliphatic rings. The number of hydrogen-bond acceptors (Lipinski definition) is 4. The van der Waals surface area contributed by atoms with Crippen LogP contribution >= 0.6 is 0 Å². The molecule has 2 fully saturated rings. The molecule has 0 unspecified atom stereocenters. The summed E-state index contributed by atoms with van der Waals surface area (Å²) in [4.78, 5) is 26.0. The minimum atomic E-state index is -0.325. The molecule has 0 atom stereocenters. The fourth-order valence-electron chi connectivity index (χ4n) is 4.60. The summed E-state index contributed by atoms with van der Waals surface area (Å²) >= 11 is 0. The summed E-state index contributed by atoms with van der Waals surface area (Å²) in [7, 11) is 0. The number of aromatic nitrogens is 2. The van der Waals surface area contributed by atoms with Gasteiger partial charge in [-0.3, -0.25) is 4.98 Å². The van der Waals surface area contributed by atoms with Crippen LogP contribution in [0.3, 0.4) is 0 Å². The molecule has 176 valence electrons. The van der Waals surface area contributed by atoms with Gasteiger partial charge in [0.2, 0.25) is 0 Å². The fraction of sp³-hybridized carbons (Fsp3) is 0.346. The number of halogens is 2. The summed E-state index contributed by atoms with van der Waals surface area (Å²) in [6, 6.07) is 12.4. The molecule has 34 heavy (non-hydrogen) atoms. The van der Waals surface area contributed by atoms with Crippen LogP contribution < -0.4 is 10.2 Å². The first-order valence-electron chi connectivity index (χ1n) is 11.8. The SMILES string of the molecule is O=C(NC1CCN(c2cnc(-c3ccc(F)cc3)c(-c3ccc(F)cc3)n2)CC1)N1CCCC1. The van der Waals surface area contributed by atoms with Gasteiger partial charge in [0.1, 0.15) is 17.5 Å². The second-order valence-corrected chi connectivity index (χ2v) is 8.84. The maximum atomic E-state index is 13.5. The van der Waals surface area contributed by atoms with Crippen LogP contribution in [-0.2, 0) is 0 Å². The number of carbonyl (C=O) groups excluding carboxylic acids is 1. The number of hydrogen-bond donors (Lipinski definition) is 1. The number of benzene rings is 2. The van der Waals surface area contributed by atoms with Crippen molar-refractivity contribution in [1.82, 2.24) is 20.2 Å². The van der Waals surface area contributed by atoms with E-state index in [1.54, 1.807) is 30.5 Å². The zero-order valence-corrected chi connectivity index (χ0v) is 18.9. The summed E-state index contributed by atoms with van der Waals surface area (Å²) < 4.78 is 27.0. The van der Waals surface area contributed by atoms with Crippen molar-refractivity contribution in [3.63, 3.8) is 0 Å². The Morgan fingerprint density at radius 1 is 0.824 bits per heavy atom. The Balaban J connectivity index is 1.35. The lowest BCUT2D eigenvalue weighted by Gasteiger charge is -2.34. The van der Waals surface area contributed by atoms with Crippen LogP contribution in [0.15, 0.2) is 54.7 Å². The number of nitrogens with one attached hydrogen (secondary N) is 1. The van der Waals surface area contributed by atoms with Crippen molar-refractivity contribution < 1.29 is 13.6 Å². The van der Waals surface area contributed by atoms with E-state index in [0.29, 0.717) is 11.4 Å². The number of carbonyl (C=O) groups is 1. The van der Waals surface area contributed by atoms with Crippen molar-refractivity contribution in [3.8, 4) is 22.5 Å². The summed E-state index contributed by atoms with van der Waals surface area (Å²) in [6.45, 7) is 3.18. The van der Waals surface area contributed by atoms with E-state index in [9.17, 15) is 13.6 Å². The van der Waals surface area contributed by atoms with Crippen LogP contribution in [0.1, 0.15) is 25.7 Å². The van der Waals surface area contributed by atoms with E-state index < -0.39 is 0 Å². The van der Waals surface area contributed by atoms with Crippen LogP contribution in [0.5, 0.6) is 0 Å². The maximum absolute atomic E-state index is 13.5. The highest BCUT2D eigenvalue weighted by molar-refractivity contribution is 5.79. The average Bonchev–Trinajstić information content (AvgIpc) is 3.41. The van der Waals surface area contributed by atoms with Crippen LogP contribution in [0.2, 0.25) is 0 Å². The lowest BCUT2D eigenvalue weighted by atomic mass is 10.0. The maximum Gasteiger partial charge on any atom is 0.317 e. The van der Waals surface area contributed by atoms with Gasteiger partial charge in [0.05, 0.1) is 17.6 Å². The van der Waals surface area contributed by atoms with E-state index in [1.165, 1.54) is 24.3 Å². The molecule has 3 heterocycles. The van der Waals surface area contributed by atoms with Gasteiger partial charge < -0.3 is 15.1 Å². The normalized spacial score (nSPS) is 16.6. The highest BCUT2D eigenvalue weighted by Gasteiger charge is 2.25. The Labute approximate surface area is 197 Å². The van der Waals surface area contributed by atoms with Gasteiger partial charge in [0, 0.05) is 43.3 Å². The molecule has 0 saturated carbocycles. The molecule has 2 aliphatic heterocycles. The first-order chi connectivity index (χ1) is 16.6. The van der Waals surface area contributed by atoms with Crippen LogP contribution in [0.4, 0.5) is 19.4 Å². The van der Waals surface area contributed by atoms with Crippen molar-refractivity contribution in [2.24, 2.45) is 0 Å². The van der Waals surface area contributed by atoms with E-state index in [0.717, 1.165) is 68.8 Å². The Morgan fingerprint density at radius 2 is 1.38 bits per heavy atom. The van der Waals surface area contributed by atoms with Crippen molar-refractivity contribution in [3.05, 3.63) is 66.4 Å². The molecule has 5 rings (SSSR count). The van der Waals surface area contributed by atoms with E-state index >= 15 is 0 Å². The van der Waals surface area contributed by atoms with Crippen molar-refractivity contribution in [2.45, 2.75) is 31.7 Å². The second kappa shape index (κ2) is 9.75. The molecule has 1 aromatic heterocycles. The van der Waals surface area contributed by atoms with Gasteiger partial charge in [-0.25, -0.2) is 18.6 Å². The molecule has 0 spiro atoms. The van der Waals surface area contributed by atoms with Crippen LogP contribution in [0.25, 0.3) is 22.5 Å². The summed E-state index contributed by atoms with van der Waals surface area (Å²) in [6.07, 6.45) is 5.54. The molecular formula is C26H27F2N5O. The predicted octanol–water partition coefficient (Wildman–Crippen LogP) is 4.86.